The highest BCUT2D eigenvalue weighted by Gasteiger charge is 2.01. The average molecular weight is 235 g/mol. The first-order valence-corrected chi connectivity index (χ1v) is 5.15. The number of aromatic nitrogens is 2. The molecule has 4 nitrogen and oxygen atoms in total. The van der Waals surface area contributed by atoms with E-state index >= 15 is 0 Å². The van der Waals surface area contributed by atoms with E-state index < -0.39 is 0 Å². The number of nitrogens with two attached hydrogens (primary N) is 1. The van der Waals surface area contributed by atoms with Gasteiger partial charge in [0.25, 0.3) is 0 Å². The van der Waals surface area contributed by atoms with E-state index in [0.29, 0.717) is 16.7 Å². The van der Waals surface area contributed by atoms with Gasteiger partial charge in [0.15, 0.2) is 5.82 Å². The van der Waals surface area contributed by atoms with Gasteiger partial charge in [-0.1, -0.05) is 11.6 Å². The number of hydrogen-bond acceptors (Lipinski definition) is 4. The summed E-state index contributed by atoms with van der Waals surface area (Å²) in [5.41, 5.74) is 7.45. The molecule has 0 saturated carbocycles. The molecule has 5 heteroatoms. The van der Waals surface area contributed by atoms with Crippen LogP contribution < -0.4 is 11.1 Å². The van der Waals surface area contributed by atoms with E-state index in [-0.39, 0.29) is 0 Å². The molecule has 82 valence electrons. The van der Waals surface area contributed by atoms with Crippen molar-refractivity contribution in [2.24, 2.45) is 0 Å². The lowest BCUT2D eigenvalue weighted by atomic mass is 10.2. The van der Waals surface area contributed by atoms with Gasteiger partial charge in [0.05, 0.1) is 0 Å². The summed E-state index contributed by atoms with van der Waals surface area (Å²) in [6, 6.07) is 9.07. The highest BCUT2D eigenvalue weighted by molar-refractivity contribution is 6.30. The van der Waals surface area contributed by atoms with Crippen molar-refractivity contribution in [3.63, 3.8) is 0 Å². The molecule has 0 unspecified atom stereocenters. The summed E-state index contributed by atoms with van der Waals surface area (Å²) in [6.45, 7) is 1.97. The van der Waals surface area contributed by atoms with Gasteiger partial charge in [-0.05, 0) is 42.8 Å². The maximum absolute atomic E-state index is 5.87. The van der Waals surface area contributed by atoms with Crippen LogP contribution in [0.2, 0.25) is 5.02 Å². The van der Waals surface area contributed by atoms with E-state index in [0.717, 1.165) is 11.3 Å². The maximum Gasteiger partial charge on any atom is 0.153 e. The molecule has 3 N–H and O–H groups in total. The molecular weight excluding hydrogens is 224 g/mol. The van der Waals surface area contributed by atoms with Gasteiger partial charge in [-0.3, -0.25) is 0 Å². The third-order valence-electron chi connectivity index (χ3n) is 2.14. The summed E-state index contributed by atoms with van der Waals surface area (Å²) in [7, 11) is 0. The van der Waals surface area contributed by atoms with Crippen LogP contribution in [0.15, 0.2) is 30.3 Å². The lowest BCUT2D eigenvalue weighted by molar-refractivity contribution is 1.05. The van der Waals surface area contributed by atoms with Gasteiger partial charge in [0.1, 0.15) is 5.82 Å². The van der Waals surface area contributed by atoms with Crippen LogP contribution in [0.1, 0.15) is 5.56 Å². The second-order valence-electron chi connectivity index (χ2n) is 3.43. The van der Waals surface area contributed by atoms with Crippen LogP contribution in [-0.2, 0) is 0 Å². The third-order valence-corrected chi connectivity index (χ3v) is 2.37. The first kappa shape index (κ1) is 10.7. The SMILES string of the molecule is Cc1cc(Cl)ccc1Nc1ccc(N)nn1. The molecule has 0 aliphatic heterocycles. The molecule has 2 aromatic rings. The molecular formula is C11H11ClN4. The number of hydrogen-bond donors (Lipinski definition) is 2. The Morgan fingerprint density at radius 2 is 2.00 bits per heavy atom. The van der Waals surface area contributed by atoms with E-state index in [4.69, 9.17) is 17.3 Å². The summed E-state index contributed by atoms with van der Waals surface area (Å²) in [6.07, 6.45) is 0. The fourth-order valence-corrected chi connectivity index (χ4v) is 1.54. The molecule has 0 atom stereocenters. The largest absolute Gasteiger partial charge is 0.382 e. The highest BCUT2D eigenvalue weighted by atomic mass is 35.5. The monoisotopic (exact) mass is 234 g/mol. The van der Waals surface area contributed by atoms with Crippen LogP contribution in [-0.4, -0.2) is 10.2 Å². The lowest BCUT2D eigenvalue weighted by Crippen LogP contribution is -1.99. The number of nitrogen functional groups attached to an aromatic ring is 1. The standard InChI is InChI=1S/C11H11ClN4/c1-7-6-8(12)2-3-9(7)14-11-5-4-10(13)15-16-11/h2-6H,1H3,(H2,13,15)(H,14,16). The molecule has 1 aromatic heterocycles. The smallest absolute Gasteiger partial charge is 0.153 e. The van der Waals surface area contributed by atoms with Crippen LogP contribution in [0.3, 0.4) is 0 Å². The fraction of sp³-hybridized carbons (Fsp3) is 0.0909. The molecule has 0 bridgehead atoms. The van der Waals surface area contributed by atoms with Crippen molar-refractivity contribution in [1.82, 2.24) is 10.2 Å². The Labute approximate surface area is 98.5 Å². The van der Waals surface area contributed by atoms with Crippen molar-refractivity contribution in [3.8, 4) is 0 Å². The normalized spacial score (nSPS) is 10.1. The second kappa shape index (κ2) is 4.37. The predicted octanol–water partition coefficient (Wildman–Crippen LogP) is 2.76. The Hall–Kier alpha value is -1.81. The van der Waals surface area contributed by atoms with Crippen molar-refractivity contribution in [1.29, 1.82) is 0 Å². The summed E-state index contributed by atoms with van der Waals surface area (Å²) in [5, 5.41) is 11.5. The van der Waals surface area contributed by atoms with E-state index in [9.17, 15) is 0 Å². The molecule has 0 aliphatic rings. The quantitative estimate of drug-likeness (QED) is 0.839. The Morgan fingerprint density at radius 1 is 1.19 bits per heavy atom. The zero-order valence-corrected chi connectivity index (χ0v) is 9.49. The molecule has 0 spiro atoms. The minimum Gasteiger partial charge on any atom is -0.382 e. The van der Waals surface area contributed by atoms with Crippen LogP contribution in [0, 0.1) is 6.92 Å². The molecule has 0 radical (unpaired) electrons. The van der Waals surface area contributed by atoms with Gasteiger partial charge in [-0.15, -0.1) is 10.2 Å². The molecule has 16 heavy (non-hydrogen) atoms. The Morgan fingerprint density at radius 3 is 2.62 bits per heavy atom. The maximum atomic E-state index is 5.87. The van der Waals surface area contributed by atoms with Crippen molar-refractivity contribution in [3.05, 3.63) is 40.9 Å². The first-order chi connectivity index (χ1) is 7.65. The van der Waals surface area contributed by atoms with Crippen molar-refractivity contribution >= 4 is 28.9 Å². The lowest BCUT2D eigenvalue weighted by Gasteiger charge is -2.08. The second-order valence-corrected chi connectivity index (χ2v) is 3.86. The van der Waals surface area contributed by atoms with Gasteiger partial charge in [-0.25, -0.2) is 0 Å². The Balaban J connectivity index is 2.23. The van der Waals surface area contributed by atoms with Gasteiger partial charge < -0.3 is 11.1 Å². The zero-order chi connectivity index (χ0) is 11.5. The molecule has 1 aromatic carbocycles. The molecule has 0 saturated heterocycles. The summed E-state index contributed by atoms with van der Waals surface area (Å²) >= 11 is 5.87. The number of rotatable bonds is 2. The van der Waals surface area contributed by atoms with E-state index in [2.05, 4.69) is 15.5 Å². The Bertz CT molecular complexity index is 496. The number of nitrogens with zero attached hydrogens (tertiary/aromatic N) is 2. The predicted molar refractivity (Wildman–Crippen MR) is 65.9 cm³/mol. The van der Waals surface area contributed by atoms with E-state index in [1.54, 1.807) is 12.1 Å². The molecule has 2 rings (SSSR count). The summed E-state index contributed by atoms with van der Waals surface area (Å²) < 4.78 is 0. The molecule has 0 fully saturated rings. The summed E-state index contributed by atoms with van der Waals surface area (Å²) in [5.74, 6) is 1.05. The van der Waals surface area contributed by atoms with Crippen molar-refractivity contribution in [2.45, 2.75) is 6.92 Å². The van der Waals surface area contributed by atoms with Crippen LogP contribution in [0.25, 0.3) is 0 Å². The van der Waals surface area contributed by atoms with E-state index in [1.807, 2.05) is 25.1 Å². The first-order valence-electron chi connectivity index (χ1n) is 4.77. The van der Waals surface area contributed by atoms with E-state index in [1.165, 1.54) is 0 Å². The van der Waals surface area contributed by atoms with Gasteiger partial charge in [-0.2, -0.15) is 0 Å². The number of benzene rings is 1. The zero-order valence-electron chi connectivity index (χ0n) is 8.74. The third kappa shape index (κ3) is 2.41. The van der Waals surface area contributed by atoms with Gasteiger partial charge in [0.2, 0.25) is 0 Å². The van der Waals surface area contributed by atoms with Crippen molar-refractivity contribution < 1.29 is 0 Å². The number of aryl methyl sites for hydroxylation is 1. The van der Waals surface area contributed by atoms with Crippen LogP contribution in [0.4, 0.5) is 17.3 Å². The number of anilines is 3. The highest BCUT2D eigenvalue weighted by Crippen LogP contribution is 2.22. The topological polar surface area (TPSA) is 63.8 Å². The Kier molecular flexibility index (Phi) is 2.92. The van der Waals surface area contributed by atoms with Gasteiger partial charge >= 0.3 is 0 Å². The molecule has 0 amide bonds. The van der Waals surface area contributed by atoms with Crippen molar-refractivity contribution in [2.75, 3.05) is 11.1 Å². The minimum atomic E-state index is 0.401. The molecule has 1 heterocycles. The fourth-order valence-electron chi connectivity index (χ4n) is 1.31. The number of nitrogens with one attached hydrogen (secondary N) is 1. The molecule has 0 aliphatic carbocycles. The average Bonchev–Trinajstić information content (AvgIpc) is 2.25. The number of halogens is 1. The minimum absolute atomic E-state index is 0.401. The van der Waals surface area contributed by atoms with Gasteiger partial charge in [0, 0.05) is 10.7 Å². The van der Waals surface area contributed by atoms with Crippen LogP contribution in [0.5, 0.6) is 0 Å². The van der Waals surface area contributed by atoms with Crippen LogP contribution >= 0.6 is 11.6 Å². The summed E-state index contributed by atoms with van der Waals surface area (Å²) in [4.78, 5) is 0.